The maximum absolute atomic E-state index is 5.43. The third-order valence-corrected chi connectivity index (χ3v) is 5.46. The van der Waals surface area contributed by atoms with Crippen molar-refractivity contribution in [2.75, 3.05) is 39.9 Å². The van der Waals surface area contributed by atoms with E-state index in [1.165, 1.54) is 4.88 Å². The summed E-state index contributed by atoms with van der Waals surface area (Å²) in [5.74, 6) is 0.839. The lowest BCUT2D eigenvalue weighted by molar-refractivity contribution is -0.00834. The van der Waals surface area contributed by atoms with Crippen molar-refractivity contribution < 1.29 is 4.74 Å². The fourth-order valence-corrected chi connectivity index (χ4v) is 3.84. The van der Waals surface area contributed by atoms with Gasteiger partial charge in [0.15, 0.2) is 5.96 Å². The van der Waals surface area contributed by atoms with Crippen LogP contribution in [0.15, 0.2) is 20.9 Å². The highest BCUT2D eigenvalue weighted by Crippen LogP contribution is 2.21. The van der Waals surface area contributed by atoms with E-state index in [9.17, 15) is 0 Å². The highest BCUT2D eigenvalue weighted by atomic mass is 79.9. The van der Waals surface area contributed by atoms with Crippen molar-refractivity contribution in [1.29, 1.82) is 0 Å². The average molecular weight is 389 g/mol. The zero-order valence-corrected chi connectivity index (χ0v) is 15.9. The highest BCUT2D eigenvalue weighted by molar-refractivity contribution is 9.11. The van der Waals surface area contributed by atoms with Crippen LogP contribution in [0.1, 0.15) is 18.7 Å². The zero-order valence-electron chi connectivity index (χ0n) is 13.5. The van der Waals surface area contributed by atoms with Crippen molar-refractivity contribution in [2.24, 2.45) is 4.99 Å². The molecule has 22 heavy (non-hydrogen) atoms. The van der Waals surface area contributed by atoms with Crippen LogP contribution < -0.4 is 10.6 Å². The largest absolute Gasteiger partial charge is 0.379 e. The Morgan fingerprint density at radius 3 is 2.68 bits per heavy atom. The van der Waals surface area contributed by atoms with Gasteiger partial charge in [0.1, 0.15) is 0 Å². The van der Waals surface area contributed by atoms with Crippen molar-refractivity contribution in [1.82, 2.24) is 15.5 Å². The van der Waals surface area contributed by atoms with Crippen LogP contribution in [0.4, 0.5) is 0 Å². The molecule has 2 rings (SSSR count). The van der Waals surface area contributed by atoms with Gasteiger partial charge in [-0.15, -0.1) is 11.3 Å². The molecule has 0 atom stereocenters. The third-order valence-electron chi connectivity index (χ3n) is 3.84. The third kappa shape index (κ3) is 5.22. The Bertz CT molecular complexity index is 497. The number of aliphatic imine (C=N–C) groups is 1. The molecule has 0 bridgehead atoms. The molecule has 0 amide bonds. The number of morpholine rings is 1. The van der Waals surface area contributed by atoms with Gasteiger partial charge >= 0.3 is 0 Å². The Balaban J connectivity index is 1.79. The number of thiophene rings is 1. The molecule has 1 aliphatic heterocycles. The first kappa shape index (κ1) is 17.7. The van der Waals surface area contributed by atoms with Crippen molar-refractivity contribution >= 4 is 33.2 Å². The van der Waals surface area contributed by atoms with Crippen LogP contribution in [-0.4, -0.2) is 56.3 Å². The van der Waals surface area contributed by atoms with E-state index in [0.29, 0.717) is 0 Å². The lowest BCUT2D eigenvalue weighted by Crippen LogP contribution is -2.56. The van der Waals surface area contributed by atoms with E-state index in [1.807, 2.05) is 0 Å². The number of halogens is 1. The molecule has 7 heteroatoms. The fraction of sp³-hybridized carbons (Fsp3) is 0.667. The van der Waals surface area contributed by atoms with E-state index in [4.69, 9.17) is 4.74 Å². The molecule has 0 radical (unpaired) electrons. The van der Waals surface area contributed by atoms with Crippen LogP contribution >= 0.6 is 27.3 Å². The van der Waals surface area contributed by atoms with E-state index >= 15 is 0 Å². The molecule has 0 unspecified atom stereocenters. The van der Waals surface area contributed by atoms with Gasteiger partial charge in [-0.05, 0) is 41.9 Å². The van der Waals surface area contributed by atoms with Crippen molar-refractivity contribution in [3.63, 3.8) is 0 Å². The van der Waals surface area contributed by atoms with E-state index < -0.39 is 0 Å². The molecule has 0 aliphatic carbocycles. The molecule has 1 aliphatic rings. The first-order valence-electron chi connectivity index (χ1n) is 7.53. The summed E-state index contributed by atoms with van der Waals surface area (Å²) >= 11 is 5.22. The van der Waals surface area contributed by atoms with Crippen LogP contribution in [0.2, 0.25) is 0 Å². The Labute approximate surface area is 145 Å². The molecule has 0 spiro atoms. The van der Waals surface area contributed by atoms with Gasteiger partial charge in [0, 0.05) is 37.1 Å². The lowest BCUT2D eigenvalue weighted by Gasteiger charge is -2.41. The smallest absolute Gasteiger partial charge is 0.191 e. The summed E-state index contributed by atoms with van der Waals surface area (Å²) in [6, 6.07) is 4.19. The maximum Gasteiger partial charge on any atom is 0.191 e. The minimum Gasteiger partial charge on any atom is -0.379 e. The molecule has 1 aromatic heterocycles. The summed E-state index contributed by atoms with van der Waals surface area (Å²) in [5.41, 5.74) is 0.0767. The normalized spacial score (nSPS) is 17.5. The van der Waals surface area contributed by atoms with Crippen LogP contribution in [-0.2, 0) is 11.3 Å². The monoisotopic (exact) mass is 388 g/mol. The summed E-state index contributed by atoms with van der Waals surface area (Å²) in [7, 11) is 1.81. The predicted octanol–water partition coefficient (Wildman–Crippen LogP) is 2.29. The molecule has 1 saturated heterocycles. The van der Waals surface area contributed by atoms with E-state index in [-0.39, 0.29) is 5.54 Å². The minimum atomic E-state index is 0.0767. The molecule has 1 aromatic rings. The van der Waals surface area contributed by atoms with E-state index in [1.54, 1.807) is 18.4 Å². The summed E-state index contributed by atoms with van der Waals surface area (Å²) < 4.78 is 6.58. The van der Waals surface area contributed by atoms with Crippen molar-refractivity contribution in [3.8, 4) is 0 Å². The predicted molar refractivity (Wildman–Crippen MR) is 96.7 cm³/mol. The first-order chi connectivity index (χ1) is 10.5. The maximum atomic E-state index is 5.43. The Hall–Kier alpha value is -0.630. The molecule has 124 valence electrons. The fourth-order valence-electron chi connectivity index (χ4n) is 2.42. The number of rotatable bonds is 5. The van der Waals surface area contributed by atoms with Gasteiger partial charge in [-0.3, -0.25) is 9.89 Å². The summed E-state index contributed by atoms with van der Waals surface area (Å²) in [5, 5.41) is 6.79. The number of guanidine groups is 1. The second-order valence-corrected chi connectivity index (χ2v) is 8.44. The molecule has 1 fully saturated rings. The summed E-state index contributed by atoms with van der Waals surface area (Å²) in [6.45, 7) is 9.78. The van der Waals surface area contributed by atoms with Gasteiger partial charge in [-0.2, -0.15) is 0 Å². The minimum absolute atomic E-state index is 0.0767. The van der Waals surface area contributed by atoms with Crippen molar-refractivity contribution in [2.45, 2.75) is 25.9 Å². The van der Waals surface area contributed by atoms with Crippen molar-refractivity contribution in [3.05, 3.63) is 20.8 Å². The second-order valence-electron chi connectivity index (χ2n) is 5.90. The van der Waals surface area contributed by atoms with E-state index in [0.717, 1.165) is 49.1 Å². The molecular weight excluding hydrogens is 364 g/mol. The molecule has 0 aromatic carbocycles. The zero-order chi connectivity index (χ0) is 16.0. The quantitative estimate of drug-likeness (QED) is 0.599. The summed E-state index contributed by atoms with van der Waals surface area (Å²) in [4.78, 5) is 8.05. The average Bonchev–Trinajstić information content (AvgIpc) is 2.94. The summed E-state index contributed by atoms with van der Waals surface area (Å²) in [6.07, 6.45) is 0. The Kier molecular flexibility index (Phi) is 6.67. The lowest BCUT2D eigenvalue weighted by atomic mass is 10.0. The topological polar surface area (TPSA) is 48.9 Å². The van der Waals surface area contributed by atoms with Crippen LogP contribution in [0, 0.1) is 0 Å². The number of hydrogen-bond donors (Lipinski definition) is 2. The second kappa shape index (κ2) is 8.29. The molecule has 5 nitrogen and oxygen atoms in total. The number of nitrogens with zero attached hydrogens (tertiary/aromatic N) is 2. The number of nitrogens with one attached hydrogen (secondary N) is 2. The van der Waals surface area contributed by atoms with Crippen LogP contribution in [0.25, 0.3) is 0 Å². The Morgan fingerprint density at radius 2 is 2.09 bits per heavy atom. The van der Waals surface area contributed by atoms with Gasteiger partial charge in [0.2, 0.25) is 0 Å². The van der Waals surface area contributed by atoms with Gasteiger partial charge < -0.3 is 15.4 Å². The van der Waals surface area contributed by atoms with E-state index in [2.05, 4.69) is 62.4 Å². The molecular formula is C15H25BrN4OS. The highest BCUT2D eigenvalue weighted by Gasteiger charge is 2.28. The molecule has 2 heterocycles. The number of hydrogen-bond acceptors (Lipinski definition) is 4. The molecule has 0 saturated carbocycles. The molecule has 2 N–H and O–H groups in total. The van der Waals surface area contributed by atoms with Gasteiger partial charge in [0.25, 0.3) is 0 Å². The van der Waals surface area contributed by atoms with Crippen LogP contribution in [0.5, 0.6) is 0 Å². The van der Waals surface area contributed by atoms with Gasteiger partial charge in [-0.25, -0.2) is 0 Å². The SMILES string of the molecule is CN=C(NCc1ccc(Br)s1)NCC(C)(C)N1CCOCC1. The number of ether oxygens (including phenoxy) is 1. The Morgan fingerprint density at radius 1 is 1.36 bits per heavy atom. The first-order valence-corrected chi connectivity index (χ1v) is 9.14. The van der Waals surface area contributed by atoms with Gasteiger partial charge in [0.05, 0.1) is 23.5 Å². The van der Waals surface area contributed by atoms with Gasteiger partial charge in [-0.1, -0.05) is 0 Å². The standard InChI is InChI=1S/C15H25BrN4OS/c1-15(2,20-6-8-21-9-7-20)11-19-14(17-3)18-10-12-4-5-13(16)22-12/h4-5H,6-11H2,1-3H3,(H2,17,18,19). The van der Waals surface area contributed by atoms with Crippen LogP contribution in [0.3, 0.4) is 0 Å².